The molecule has 2 nitrogen and oxygen atoms in total. The fraction of sp³-hybridized carbons (Fsp3) is 0.941. The summed E-state index contributed by atoms with van der Waals surface area (Å²) in [5.41, 5.74) is 0. The maximum absolute atomic E-state index is 5.14. The third-order valence-electron chi connectivity index (χ3n) is 4.74. The van der Waals surface area contributed by atoms with Gasteiger partial charge in [0.15, 0.2) is 5.17 Å². The number of hydrogen-bond donors (Lipinski definition) is 1. The van der Waals surface area contributed by atoms with Crippen molar-refractivity contribution in [2.45, 2.75) is 78.8 Å². The minimum atomic E-state index is 0.466. The molecule has 0 bridgehead atoms. The van der Waals surface area contributed by atoms with E-state index in [0.717, 1.165) is 22.9 Å². The van der Waals surface area contributed by atoms with Crippen molar-refractivity contribution in [2.75, 3.05) is 6.26 Å². The van der Waals surface area contributed by atoms with E-state index >= 15 is 0 Å². The first-order valence-electron chi connectivity index (χ1n) is 8.43. The molecule has 20 heavy (non-hydrogen) atoms. The van der Waals surface area contributed by atoms with Crippen LogP contribution in [0.25, 0.3) is 0 Å². The van der Waals surface area contributed by atoms with Crippen LogP contribution in [0.5, 0.6) is 0 Å². The first kappa shape index (κ1) is 17.9. The Morgan fingerprint density at radius 2 is 1.65 bits per heavy atom. The molecule has 0 aliphatic heterocycles. The first-order chi connectivity index (χ1) is 9.55. The molecule has 1 rings (SSSR count). The highest BCUT2D eigenvalue weighted by Crippen LogP contribution is 2.40. The quantitative estimate of drug-likeness (QED) is 0.574. The molecule has 1 aliphatic rings. The van der Waals surface area contributed by atoms with Crippen LogP contribution in [-0.2, 0) is 0 Å². The normalized spacial score (nSPS) is 31.6. The SMILES string of the molecule is CCC1CC(CC)C(N=C(NC(C)C)SC)C(CC)C1. The van der Waals surface area contributed by atoms with Crippen LogP contribution in [-0.4, -0.2) is 23.5 Å². The Balaban J connectivity index is 2.88. The van der Waals surface area contributed by atoms with Crippen molar-refractivity contribution in [1.82, 2.24) is 5.32 Å². The third-order valence-corrected chi connectivity index (χ3v) is 5.35. The van der Waals surface area contributed by atoms with Crippen molar-refractivity contribution < 1.29 is 0 Å². The van der Waals surface area contributed by atoms with Crippen molar-refractivity contribution in [3.63, 3.8) is 0 Å². The summed E-state index contributed by atoms with van der Waals surface area (Å²) in [4.78, 5) is 5.14. The zero-order valence-electron chi connectivity index (χ0n) is 14.3. The highest BCUT2D eigenvalue weighted by atomic mass is 32.2. The molecular weight excluding hydrogens is 264 g/mol. The summed E-state index contributed by atoms with van der Waals surface area (Å²) in [6.45, 7) is 11.4. The van der Waals surface area contributed by atoms with E-state index in [-0.39, 0.29) is 0 Å². The van der Waals surface area contributed by atoms with Crippen LogP contribution >= 0.6 is 11.8 Å². The highest BCUT2D eigenvalue weighted by molar-refractivity contribution is 8.13. The van der Waals surface area contributed by atoms with Gasteiger partial charge >= 0.3 is 0 Å². The second-order valence-corrected chi connectivity index (χ2v) is 7.31. The maximum Gasteiger partial charge on any atom is 0.156 e. The number of nitrogens with one attached hydrogen (secondary N) is 1. The molecule has 0 amide bonds. The molecule has 0 spiro atoms. The molecule has 1 N–H and O–H groups in total. The largest absolute Gasteiger partial charge is 0.363 e. The monoisotopic (exact) mass is 298 g/mol. The van der Waals surface area contributed by atoms with Gasteiger partial charge in [-0.3, -0.25) is 4.99 Å². The van der Waals surface area contributed by atoms with Gasteiger partial charge in [0.1, 0.15) is 0 Å². The number of hydrogen-bond acceptors (Lipinski definition) is 2. The number of nitrogens with zero attached hydrogens (tertiary/aromatic N) is 1. The molecule has 3 heteroatoms. The number of rotatable bonds is 5. The Morgan fingerprint density at radius 1 is 1.10 bits per heavy atom. The first-order valence-corrected chi connectivity index (χ1v) is 9.66. The number of amidine groups is 1. The fourth-order valence-electron chi connectivity index (χ4n) is 3.51. The molecule has 118 valence electrons. The average molecular weight is 299 g/mol. The summed E-state index contributed by atoms with van der Waals surface area (Å²) in [6, 6.07) is 0.995. The van der Waals surface area contributed by atoms with Crippen LogP contribution in [0.2, 0.25) is 0 Å². The minimum absolute atomic E-state index is 0.466. The van der Waals surface area contributed by atoms with E-state index in [0.29, 0.717) is 12.1 Å². The molecular formula is C17H34N2S. The van der Waals surface area contributed by atoms with Gasteiger partial charge in [-0.15, -0.1) is 0 Å². The Bertz CT molecular complexity index is 287. The standard InChI is InChI=1S/C17H34N2S/c1-7-13-10-14(8-2)16(15(9-3)11-13)19-17(20-6)18-12(4)5/h12-16H,7-11H2,1-6H3,(H,18,19). The van der Waals surface area contributed by atoms with Gasteiger partial charge in [0, 0.05) is 6.04 Å². The second kappa shape index (κ2) is 8.96. The van der Waals surface area contributed by atoms with Gasteiger partial charge in [-0.2, -0.15) is 0 Å². The van der Waals surface area contributed by atoms with Crippen LogP contribution in [0.15, 0.2) is 4.99 Å². The molecule has 1 aliphatic carbocycles. The summed E-state index contributed by atoms with van der Waals surface area (Å²) < 4.78 is 0. The van der Waals surface area contributed by atoms with Crippen LogP contribution in [0.4, 0.5) is 0 Å². The lowest BCUT2D eigenvalue weighted by Gasteiger charge is -2.39. The van der Waals surface area contributed by atoms with Gasteiger partial charge in [-0.25, -0.2) is 0 Å². The molecule has 0 heterocycles. The van der Waals surface area contributed by atoms with Crippen molar-refractivity contribution in [3.8, 4) is 0 Å². The molecule has 0 radical (unpaired) electrons. The van der Waals surface area contributed by atoms with Crippen LogP contribution in [0.3, 0.4) is 0 Å². The van der Waals surface area contributed by atoms with Crippen LogP contribution < -0.4 is 5.32 Å². The highest BCUT2D eigenvalue weighted by Gasteiger charge is 2.35. The van der Waals surface area contributed by atoms with Gasteiger partial charge < -0.3 is 5.32 Å². The molecule has 0 aromatic rings. The van der Waals surface area contributed by atoms with Gasteiger partial charge in [-0.1, -0.05) is 51.8 Å². The zero-order chi connectivity index (χ0) is 15.1. The summed E-state index contributed by atoms with van der Waals surface area (Å²) in [7, 11) is 0. The number of aliphatic imine (C=N–C) groups is 1. The molecule has 0 saturated heterocycles. The molecule has 1 fully saturated rings. The smallest absolute Gasteiger partial charge is 0.156 e. The van der Waals surface area contributed by atoms with Crippen molar-refractivity contribution >= 4 is 16.9 Å². The Morgan fingerprint density at radius 3 is 2.00 bits per heavy atom. The minimum Gasteiger partial charge on any atom is -0.363 e. The topological polar surface area (TPSA) is 24.4 Å². The molecule has 1 saturated carbocycles. The van der Waals surface area contributed by atoms with E-state index < -0.39 is 0 Å². The van der Waals surface area contributed by atoms with Gasteiger partial charge in [-0.05, 0) is 50.7 Å². The van der Waals surface area contributed by atoms with Gasteiger partial charge in [0.2, 0.25) is 0 Å². The van der Waals surface area contributed by atoms with E-state index in [1.165, 1.54) is 32.1 Å². The van der Waals surface area contributed by atoms with E-state index in [1.807, 2.05) is 0 Å². The summed E-state index contributed by atoms with van der Waals surface area (Å²) in [5, 5.41) is 4.64. The van der Waals surface area contributed by atoms with Gasteiger partial charge in [0.05, 0.1) is 6.04 Å². The van der Waals surface area contributed by atoms with Crippen LogP contribution in [0.1, 0.15) is 66.7 Å². The Kier molecular flexibility index (Phi) is 8.01. The Hall–Kier alpha value is -0.180. The van der Waals surface area contributed by atoms with Crippen molar-refractivity contribution in [3.05, 3.63) is 0 Å². The van der Waals surface area contributed by atoms with Crippen molar-refractivity contribution in [2.24, 2.45) is 22.7 Å². The van der Waals surface area contributed by atoms with E-state index in [1.54, 1.807) is 11.8 Å². The summed E-state index contributed by atoms with van der Waals surface area (Å²) >= 11 is 1.76. The summed E-state index contributed by atoms with van der Waals surface area (Å²) in [5.74, 6) is 2.47. The second-order valence-electron chi connectivity index (χ2n) is 6.51. The molecule has 2 unspecified atom stereocenters. The average Bonchev–Trinajstić information content (AvgIpc) is 2.45. The van der Waals surface area contributed by atoms with E-state index in [2.05, 4.69) is 46.2 Å². The lowest BCUT2D eigenvalue weighted by Crippen LogP contribution is -2.38. The van der Waals surface area contributed by atoms with E-state index in [4.69, 9.17) is 4.99 Å². The Labute approximate surface area is 130 Å². The zero-order valence-corrected chi connectivity index (χ0v) is 15.1. The fourth-order valence-corrected chi connectivity index (χ4v) is 4.09. The number of thioether (sulfide) groups is 1. The summed E-state index contributed by atoms with van der Waals surface area (Å²) in [6.07, 6.45) is 8.76. The molecule has 2 atom stereocenters. The third kappa shape index (κ3) is 4.98. The molecule has 0 aromatic carbocycles. The lowest BCUT2D eigenvalue weighted by molar-refractivity contribution is 0.151. The van der Waals surface area contributed by atoms with Crippen LogP contribution in [0, 0.1) is 17.8 Å². The predicted molar refractivity (Wildman–Crippen MR) is 93.6 cm³/mol. The predicted octanol–water partition coefficient (Wildman–Crippen LogP) is 4.94. The molecule has 0 aromatic heterocycles. The van der Waals surface area contributed by atoms with E-state index in [9.17, 15) is 0 Å². The lowest BCUT2D eigenvalue weighted by atomic mass is 9.69. The maximum atomic E-state index is 5.14. The van der Waals surface area contributed by atoms with Crippen molar-refractivity contribution in [1.29, 1.82) is 0 Å². The van der Waals surface area contributed by atoms with Gasteiger partial charge in [0.25, 0.3) is 0 Å².